The second-order valence-electron chi connectivity index (χ2n) is 10.5. The molecule has 1 aromatic carbocycles. The zero-order valence-electron chi connectivity index (χ0n) is 24.9. The number of aliphatic hydroxyl groups excluding tert-OH is 1. The van der Waals surface area contributed by atoms with Crippen molar-refractivity contribution >= 4 is 23.9 Å². The average molecular weight is 602 g/mol. The summed E-state index contributed by atoms with van der Waals surface area (Å²) in [5, 5.41) is 13.3. The summed E-state index contributed by atoms with van der Waals surface area (Å²) < 4.78 is 15.6. The summed E-state index contributed by atoms with van der Waals surface area (Å²) >= 11 is 0. The van der Waals surface area contributed by atoms with Gasteiger partial charge in [-0.15, -0.1) is 5.06 Å². The molecule has 0 bridgehead atoms. The Morgan fingerprint density at radius 2 is 1.74 bits per heavy atom. The molecular formula is C29H39N5O9. The quantitative estimate of drug-likeness (QED) is 0.340. The molecule has 3 rings (SSSR count). The second kappa shape index (κ2) is 15.8. The van der Waals surface area contributed by atoms with Crippen molar-refractivity contribution in [3.8, 4) is 17.3 Å². The number of hydrogen-bond donors (Lipinski definition) is 2. The highest BCUT2D eigenvalue weighted by molar-refractivity contribution is 5.96. The third-order valence-electron chi connectivity index (χ3n) is 5.99. The Morgan fingerprint density at radius 1 is 1.05 bits per heavy atom. The summed E-state index contributed by atoms with van der Waals surface area (Å²) in [6.45, 7) is 7.63. The molecule has 1 atom stereocenters. The van der Waals surface area contributed by atoms with E-state index in [1.54, 1.807) is 52.0 Å². The number of benzene rings is 1. The number of hydroxylamine groups is 2. The van der Waals surface area contributed by atoms with E-state index in [2.05, 4.69) is 15.3 Å². The van der Waals surface area contributed by atoms with Gasteiger partial charge in [0.1, 0.15) is 23.9 Å². The van der Waals surface area contributed by atoms with Crippen molar-refractivity contribution in [2.45, 2.75) is 52.2 Å². The maximum atomic E-state index is 13.6. The molecule has 14 nitrogen and oxygen atoms in total. The molecule has 1 saturated heterocycles. The fourth-order valence-electron chi connectivity index (χ4n) is 4.10. The third-order valence-corrected chi connectivity index (χ3v) is 5.99. The molecular weight excluding hydrogens is 562 g/mol. The fourth-order valence-corrected chi connectivity index (χ4v) is 4.10. The molecule has 234 valence electrons. The molecule has 0 saturated carbocycles. The van der Waals surface area contributed by atoms with Crippen molar-refractivity contribution in [3.63, 3.8) is 0 Å². The van der Waals surface area contributed by atoms with Crippen molar-refractivity contribution in [3.05, 3.63) is 42.1 Å². The molecule has 2 aromatic rings. The van der Waals surface area contributed by atoms with Crippen LogP contribution in [0.4, 0.5) is 4.79 Å². The minimum atomic E-state index is -1.09. The largest absolute Gasteiger partial charge is 0.527 e. The number of aliphatic hydroxyl groups is 1. The SMILES string of the molecule is CCOC(=O)ON1CCN(C(=O)[C@H](CCC(=O)OC(C)(C)C)NC(=O)c2cc(OCCO)nc(-c3ccccc3)n2)CC1. The van der Waals surface area contributed by atoms with Crippen molar-refractivity contribution in [2.75, 3.05) is 46.0 Å². The van der Waals surface area contributed by atoms with Crippen LogP contribution in [0.25, 0.3) is 11.4 Å². The van der Waals surface area contributed by atoms with Crippen LogP contribution in [0, 0.1) is 0 Å². The molecule has 2 amide bonds. The average Bonchev–Trinajstić information content (AvgIpc) is 2.97. The Balaban J connectivity index is 1.79. The van der Waals surface area contributed by atoms with Gasteiger partial charge >= 0.3 is 12.1 Å². The lowest BCUT2D eigenvalue weighted by atomic mass is 10.1. The Morgan fingerprint density at radius 3 is 2.37 bits per heavy atom. The van der Waals surface area contributed by atoms with Crippen LogP contribution in [0.5, 0.6) is 5.88 Å². The minimum absolute atomic E-state index is 0.0243. The van der Waals surface area contributed by atoms with Crippen LogP contribution in [-0.4, -0.2) is 107 Å². The molecule has 1 aliphatic heterocycles. The van der Waals surface area contributed by atoms with E-state index >= 15 is 0 Å². The second-order valence-corrected chi connectivity index (χ2v) is 10.5. The monoisotopic (exact) mass is 601 g/mol. The van der Waals surface area contributed by atoms with E-state index in [-0.39, 0.29) is 76.2 Å². The highest BCUT2D eigenvalue weighted by Gasteiger charge is 2.31. The van der Waals surface area contributed by atoms with E-state index < -0.39 is 35.6 Å². The fraction of sp³-hybridized carbons (Fsp3) is 0.517. The van der Waals surface area contributed by atoms with Crippen LogP contribution in [0.3, 0.4) is 0 Å². The predicted octanol–water partition coefficient (Wildman–Crippen LogP) is 1.97. The zero-order valence-corrected chi connectivity index (χ0v) is 24.9. The number of piperazine rings is 1. The number of carbonyl (C=O) groups is 4. The number of esters is 1. The molecule has 14 heteroatoms. The molecule has 1 fully saturated rings. The first-order valence-electron chi connectivity index (χ1n) is 14.1. The molecule has 1 aliphatic rings. The normalized spacial score (nSPS) is 14.4. The molecule has 1 aromatic heterocycles. The van der Waals surface area contributed by atoms with Crippen LogP contribution in [0.15, 0.2) is 36.4 Å². The summed E-state index contributed by atoms with van der Waals surface area (Å²) in [4.78, 5) is 66.6. The van der Waals surface area contributed by atoms with Crippen LogP contribution in [0.2, 0.25) is 0 Å². The number of carbonyl (C=O) groups excluding carboxylic acids is 4. The highest BCUT2D eigenvalue weighted by Crippen LogP contribution is 2.20. The Labute approximate surface area is 250 Å². The van der Waals surface area contributed by atoms with Gasteiger partial charge < -0.3 is 34.4 Å². The van der Waals surface area contributed by atoms with Crippen LogP contribution < -0.4 is 10.1 Å². The van der Waals surface area contributed by atoms with E-state index in [0.29, 0.717) is 5.56 Å². The molecule has 2 heterocycles. The smallest absolute Gasteiger partial charge is 0.475 e. The lowest BCUT2D eigenvalue weighted by Crippen LogP contribution is -2.55. The van der Waals surface area contributed by atoms with Gasteiger partial charge in [-0.1, -0.05) is 30.3 Å². The minimum Gasteiger partial charge on any atom is -0.475 e. The maximum absolute atomic E-state index is 13.6. The van der Waals surface area contributed by atoms with Gasteiger partial charge in [-0.25, -0.2) is 9.78 Å². The number of rotatable bonds is 12. The molecule has 43 heavy (non-hydrogen) atoms. The summed E-state index contributed by atoms with van der Waals surface area (Å²) in [7, 11) is 0. The van der Waals surface area contributed by atoms with Gasteiger partial charge in [-0.2, -0.15) is 4.98 Å². The van der Waals surface area contributed by atoms with Gasteiger partial charge in [0.25, 0.3) is 5.91 Å². The van der Waals surface area contributed by atoms with Gasteiger partial charge in [-0.3, -0.25) is 14.4 Å². The van der Waals surface area contributed by atoms with Crippen molar-refractivity contribution < 1.29 is 43.3 Å². The molecule has 0 radical (unpaired) electrons. The number of ether oxygens (including phenoxy) is 3. The maximum Gasteiger partial charge on any atom is 0.527 e. The first-order chi connectivity index (χ1) is 20.5. The van der Waals surface area contributed by atoms with Gasteiger partial charge in [-0.05, 0) is 34.1 Å². The number of aromatic nitrogens is 2. The highest BCUT2D eigenvalue weighted by atomic mass is 16.8. The van der Waals surface area contributed by atoms with Gasteiger partial charge in [0.05, 0.1) is 26.3 Å². The topological polar surface area (TPSA) is 170 Å². The predicted molar refractivity (Wildman–Crippen MR) is 153 cm³/mol. The third kappa shape index (κ3) is 10.8. The number of nitrogens with zero attached hydrogens (tertiary/aromatic N) is 4. The zero-order chi connectivity index (χ0) is 31.4. The lowest BCUT2D eigenvalue weighted by molar-refractivity contribution is -0.158. The van der Waals surface area contributed by atoms with Crippen molar-refractivity contribution in [1.29, 1.82) is 0 Å². The van der Waals surface area contributed by atoms with Gasteiger partial charge in [0.2, 0.25) is 11.8 Å². The molecule has 0 aliphatic carbocycles. The summed E-state index contributed by atoms with van der Waals surface area (Å²) in [6.07, 6.45) is -0.973. The van der Waals surface area contributed by atoms with Gasteiger partial charge in [0, 0.05) is 31.1 Å². The first-order valence-corrected chi connectivity index (χ1v) is 14.1. The number of hydrogen-bond acceptors (Lipinski definition) is 12. The molecule has 0 spiro atoms. The van der Waals surface area contributed by atoms with Crippen molar-refractivity contribution in [2.24, 2.45) is 0 Å². The Hall–Kier alpha value is -4.30. The Bertz CT molecular complexity index is 1240. The summed E-state index contributed by atoms with van der Waals surface area (Å²) in [6, 6.07) is 9.18. The number of amides is 2. The van der Waals surface area contributed by atoms with E-state index in [0.717, 1.165) is 0 Å². The Kier molecular flexibility index (Phi) is 12.2. The van der Waals surface area contributed by atoms with E-state index in [4.69, 9.17) is 19.0 Å². The molecule has 0 unspecified atom stereocenters. The van der Waals surface area contributed by atoms with Gasteiger partial charge in [0.15, 0.2) is 5.82 Å². The van der Waals surface area contributed by atoms with Crippen molar-refractivity contribution in [1.82, 2.24) is 25.2 Å². The summed E-state index contributed by atoms with van der Waals surface area (Å²) in [5.41, 5.74) is -0.148. The lowest BCUT2D eigenvalue weighted by Gasteiger charge is -2.35. The summed E-state index contributed by atoms with van der Waals surface area (Å²) in [5.74, 6) is -1.32. The van der Waals surface area contributed by atoms with E-state index in [1.807, 2.05) is 6.07 Å². The molecule has 2 N–H and O–H groups in total. The van der Waals surface area contributed by atoms with E-state index in [9.17, 15) is 24.3 Å². The van der Waals surface area contributed by atoms with E-state index in [1.165, 1.54) is 16.0 Å². The van der Waals surface area contributed by atoms with Crippen LogP contribution >= 0.6 is 0 Å². The first kappa shape index (κ1) is 33.2. The van der Waals surface area contributed by atoms with Crippen LogP contribution in [0.1, 0.15) is 51.0 Å². The number of nitrogens with one attached hydrogen (secondary N) is 1. The van der Waals surface area contributed by atoms with Crippen LogP contribution in [-0.2, 0) is 23.9 Å². The standard InChI is InChI=1S/C29H39N5O9/c1-5-40-28(39)43-34-15-13-33(14-16-34)27(38)21(11-12-24(36)42-29(2,3)4)31-26(37)22-19-23(41-18-17-35)32-25(30-22)20-9-7-6-8-10-20/h6-10,19,21,35H,5,11-18H2,1-4H3,(H,31,37)/t21-/m0/s1.